The Morgan fingerprint density at radius 3 is 2.65 bits per heavy atom. The number of carbonyl (C=O) groups excluding carboxylic acids is 1. The smallest absolute Gasteiger partial charge is 0.320 e. The molecule has 0 bridgehead atoms. The monoisotopic (exact) mass is 359 g/mol. The maximum atomic E-state index is 12.7. The van der Waals surface area contributed by atoms with Crippen molar-refractivity contribution in [2.45, 2.75) is 38.8 Å². The number of carboxylic acids is 1. The number of carboxylic acid groups (broad SMARTS) is 1. The zero-order valence-electron chi connectivity index (χ0n) is 15.6. The van der Waals surface area contributed by atoms with Crippen LogP contribution < -0.4 is 0 Å². The molecule has 26 heavy (non-hydrogen) atoms. The second kappa shape index (κ2) is 8.64. The van der Waals surface area contributed by atoms with E-state index in [2.05, 4.69) is 36.1 Å². The third-order valence-corrected chi connectivity index (χ3v) is 5.58. The molecule has 0 saturated carbocycles. The van der Waals surface area contributed by atoms with Crippen LogP contribution in [0.3, 0.4) is 0 Å². The molecule has 2 saturated heterocycles. The fraction of sp³-hybridized carbons (Fsp3) is 0.600. The average molecular weight is 359 g/mol. The summed E-state index contributed by atoms with van der Waals surface area (Å²) < 4.78 is 0. The van der Waals surface area contributed by atoms with Crippen molar-refractivity contribution in [1.82, 2.24) is 14.7 Å². The Hall–Kier alpha value is -1.92. The maximum Gasteiger partial charge on any atom is 0.320 e. The van der Waals surface area contributed by atoms with Gasteiger partial charge >= 0.3 is 5.97 Å². The van der Waals surface area contributed by atoms with E-state index in [1.807, 2.05) is 9.80 Å². The molecule has 1 atom stereocenters. The predicted octanol–water partition coefficient (Wildman–Crippen LogP) is 1.58. The lowest BCUT2D eigenvalue weighted by molar-refractivity contribution is -0.143. The highest BCUT2D eigenvalue weighted by atomic mass is 16.4. The second-order valence-corrected chi connectivity index (χ2v) is 7.40. The second-order valence-electron chi connectivity index (χ2n) is 7.40. The molecule has 1 amide bonds. The van der Waals surface area contributed by atoms with Crippen LogP contribution in [-0.4, -0.2) is 77.0 Å². The summed E-state index contributed by atoms with van der Waals surface area (Å²) >= 11 is 0. The first kappa shape index (κ1) is 18.9. The summed E-state index contributed by atoms with van der Waals surface area (Å²) in [5.41, 5.74) is 2.65. The summed E-state index contributed by atoms with van der Waals surface area (Å²) in [4.78, 5) is 30.1. The molecule has 1 aromatic carbocycles. The van der Waals surface area contributed by atoms with Crippen molar-refractivity contribution < 1.29 is 14.7 Å². The largest absolute Gasteiger partial charge is 0.480 e. The van der Waals surface area contributed by atoms with E-state index < -0.39 is 12.0 Å². The molecule has 6 heteroatoms. The summed E-state index contributed by atoms with van der Waals surface area (Å²) in [5.74, 6) is -0.744. The summed E-state index contributed by atoms with van der Waals surface area (Å²) in [6.07, 6.45) is 2.46. The van der Waals surface area contributed by atoms with Gasteiger partial charge in [0.1, 0.15) is 6.04 Å². The van der Waals surface area contributed by atoms with E-state index in [1.165, 1.54) is 11.1 Å². The number of hydrogen-bond acceptors (Lipinski definition) is 4. The van der Waals surface area contributed by atoms with Gasteiger partial charge < -0.3 is 10.0 Å². The molecule has 1 aromatic rings. The molecule has 1 unspecified atom stereocenters. The average Bonchev–Trinajstić information content (AvgIpc) is 2.95. The normalized spacial score (nSPS) is 22.3. The lowest BCUT2D eigenvalue weighted by Gasteiger charge is -2.26. The molecule has 2 heterocycles. The van der Waals surface area contributed by atoms with E-state index in [4.69, 9.17) is 0 Å². The van der Waals surface area contributed by atoms with Gasteiger partial charge in [-0.15, -0.1) is 0 Å². The number of benzene rings is 1. The van der Waals surface area contributed by atoms with Crippen molar-refractivity contribution in [3.05, 3.63) is 35.4 Å². The fourth-order valence-corrected chi connectivity index (χ4v) is 3.98. The van der Waals surface area contributed by atoms with Gasteiger partial charge in [0.2, 0.25) is 5.91 Å². The SMILES string of the molecule is Cc1ccccc1CN1CCCN(C(=O)CN2CCCC2C(=O)O)CC1. The minimum Gasteiger partial charge on any atom is -0.480 e. The standard InChI is InChI=1S/C20H29N3O3/c1-16-6-2-3-7-17(16)14-21-9-5-11-22(13-12-21)19(24)15-23-10-4-8-18(23)20(25)26/h2-3,6-7,18H,4-5,8-15H2,1H3,(H,25,26). The number of rotatable bonds is 5. The fourth-order valence-electron chi connectivity index (χ4n) is 3.98. The quantitative estimate of drug-likeness (QED) is 0.865. The van der Waals surface area contributed by atoms with Gasteiger partial charge in [0.15, 0.2) is 0 Å². The van der Waals surface area contributed by atoms with Crippen molar-refractivity contribution in [3.63, 3.8) is 0 Å². The van der Waals surface area contributed by atoms with Crippen molar-refractivity contribution in [2.24, 2.45) is 0 Å². The van der Waals surface area contributed by atoms with E-state index in [-0.39, 0.29) is 12.5 Å². The molecule has 2 aliphatic rings. The third kappa shape index (κ3) is 4.62. The highest BCUT2D eigenvalue weighted by Crippen LogP contribution is 2.18. The minimum absolute atomic E-state index is 0.0656. The molecule has 0 aliphatic carbocycles. The van der Waals surface area contributed by atoms with Crippen LogP contribution in [0.5, 0.6) is 0 Å². The Bertz CT molecular complexity index is 649. The Kier molecular flexibility index (Phi) is 6.27. The van der Waals surface area contributed by atoms with E-state index in [9.17, 15) is 14.7 Å². The Morgan fingerprint density at radius 1 is 1.08 bits per heavy atom. The van der Waals surface area contributed by atoms with E-state index >= 15 is 0 Å². The van der Waals surface area contributed by atoms with Crippen LogP contribution in [0.2, 0.25) is 0 Å². The number of amides is 1. The Balaban J connectivity index is 1.52. The lowest BCUT2D eigenvalue weighted by Crippen LogP contribution is -2.45. The molecular formula is C20H29N3O3. The summed E-state index contributed by atoms with van der Waals surface area (Å²) in [6, 6.07) is 7.94. The van der Waals surface area contributed by atoms with Crippen LogP contribution in [0.1, 0.15) is 30.4 Å². The topological polar surface area (TPSA) is 64.1 Å². The summed E-state index contributed by atoms with van der Waals surface area (Å²) in [5, 5.41) is 9.28. The van der Waals surface area contributed by atoms with Crippen LogP contribution in [0.4, 0.5) is 0 Å². The molecule has 0 spiro atoms. The number of nitrogens with zero attached hydrogens (tertiary/aromatic N) is 3. The molecule has 0 aromatic heterocycles. The molecule has 1 N–H and O–H groups in total. The maximum absolute atomic E-state index is 12.7. The molecule has 2 aliphatic heterocycles. The third-order valence-electron chi connectivity index (χ3n) is 5.58. The van der Waals surface area contributed by atoms with Crippen molar-refractivity contribution in [1.29, 1.82) is 0 Å². The first-order chi connectivity index (χ1) is 12.5. The zero-order valence-corrected chi connectivity index (χ0v) is 15.6. The summed E-state index contributed by atoms with van der Waals surface area (Å²) in [7, 11) is 0. The van der Waals surface area contributed by atoms with Gasteiger partial charge in [-0.3, -0.25) is 19.4 Å². The number of carbonyl (C=O) groups is 2. The van der Waals surface area contributed by atoms with Gasteiger partial charge in [0.05, 0.1) is 6.54 Å². The first-order valence-corrected chi connectivity index (χ1v) is 9.56. The highest BCUT2D eigenvalue weighted by molar-refractivity contribution is 5.80. The molecule has 142 valence electrons. The van der Waals surface area contributed by atoms with Gasteiger partial charge in [0.25, 0.3) is 0 Å². The minimum atomic E-state index is -0.810. The first-order valence-electron chi connectivity index (χ1n) is 9.56. The molecular weight excluding hydrogens is 330 g/mol. The van der Waals surface area contributed by atoms with E-state index in [0.717, 1.165) is 45.6 Å². The number of likely N-dealkylation sites (tertiary alicyclic amines) is 1. The number of aryl methyl sites for hydroxylation is 1. The van der Waals surface area contributed by atoms with Crippen LogP contribution in [-0.2, 0) is 16.1 Å². The summed E-state index contributed by atoms with van der Waals surface area (Å²) in [6.45, 7) is 7.32. The van der Waals surface area contributed by atoms with Crippen molar-refractivity contribution >= 4 is 11.9 Å². The lowest BCUT2D eigenvalue weighted by atomic mass is 10.1. The zero-order chi connectivity index (χ0) is 18.5. The van der Waals surface area contributed by atoms with Crippen molar-refractivity contribution in [3.8, 4) is 0 Å². The Morgan fingerprint density at radius 2 is 1.88 bits per heavy atom. The molecule has 3 rings (SSSR count). The van der Waals surface area contributed by atoms with Gasteiger partial charge in [-0.2, -0.15) is 0 Å². The van der Waals surface area contributed by atoms with Gasteiger partial charge in [0, 0.05) is 32.7 Å². The van der Waals surface area contributed by atoms with Crippen LogP contribution in [0, 0.1) is 6.92 Å². The molecule has 0 radical (unpaired) electrons. The van der Waals surface area contributed by atoms with E-state index in [1.54, 1.807) is 0 Å². The predicted molar refractivity (Wildman–Crippen MR) is 99.9 cm³/mol. The van der Waals surface area contributed by atoms with Crippen LogP contribution >= 0.6 is 0 Å². The van der Waals surface area contributed by atoms with Gasteiger partial charge in [-0.25, -0.2) is 0 Å². The number of aliphatic carboxylic acids is 1. The van der Waals surface area contributed by atoms with E-state index in [0.29, 0.717) is 13.0 Å². The van der Waals surface area contributed by atoms with Gasteiger partial charge in [-0.1, -0.05) is 24.3 Å². The molecule has 6 nitrogen and oxygen atoms in total. The van der Waals surface area contributed by atoms with Gasteiger partial charge in [-0.05, 0) is 43.9 Å². The Labute approximate surface area is 155 Å². The number of hydrogen-bond donors (Lipinski definition) is 1. The molecule has 2 fully saturated rings. The van der Waals surface area contributed by atoms with Crippen LogP contribution in [0.15, 0.2) is 24.3 Å². The highest BCUT2D eigenvalue weighted by Gasteiger charge is 2.32. The van der Waals surface area contributed by atoms with Crippen molar-refractivity contribution in [2.75, 3.05) is 39.3 Å². The van der Waals surface area contributed by atoms with Crippen LogP contribution in [0.25, 0.3) is 0 Å².